The molecule has 1 aliphatic carbocycles. The van der Waals surface area contributed by atoms with Gasteiger partial charge in [0.15, 0.2) is 11.5 Å². The van der Waals surface area contributed by atoms with Gasteiger partial charge in [-0.3, -0.25) is 0 Å². The molecule has 0 bridgehead atoms. The molecule has 0 amide bonds. The predicted molar refractivity (Wildman–Crippen MR) is 71.7 cm³/mol. The van der Waals surface area contributed by atoms with Crippen molar-refractivity contribution in [3.8, 4) is 11.5 Å². The van der Waals surface area contributed by atoms with Gasteiger partial charge in [-0.15, -0.1) is 0 Å². The molecule has 2 rings (SSSR count). The molecule has 0 saturated heterocycles. The molecule has 4 heteroatoms. The highest BCUT2D eigenvalue weighted by molar-refractivity contribution is 6.32. The number of hydrogen-bond donors (Lipinski definition) is 1. The van der Waals surface area contributed by atoms with E-state index in [4.69, 9.17) is 26.2 Å². The lowest BCUT2D eigenvalue weighted by Gasteiger charge is -2.18. The zero-order chi connectivity index (χ0) is 13.0. The summed E-state index contributed by atoms with van der Waals surface area (Å²) in [6.07, 6.45) is 5.41. The van der Waals surface area contributed by atoms with Crippen LogP contribution in [0.2, 0.25) is 5.02 Å². The van der Waals surface area contributed by atoms with Crippen molar-refractivity contribution in [1.82, 2.24) is 0 Å². The number of halogens is 1. The van der Waals surface area contributed by atoms with Gasteiger partial charge in [-0.2, -0.15) is 0 Å². The van der Waals surface area contributed by atoms with Crippen LogP contribution in [0.3, 0.4) is 0 Å². The third-order valence-electron chi connectivity index (χ3n) is 3.28. The number of aliphatic hydroxyl groups excluding tert-OH is 1. The summed E-state index contributed by atoms with van der Waals surface area (Å²) in [5.41, 5.74) is 0.957. The first-order valence-corrected chi connectivity index (χ1v) is 6.76. The summed E-state index contributed by atoms with van der Waals surface area (Å²) < 4.78 is 11.3. The first-order valence-electron chi connectivity index (χ1n) is 6.38. The van der Waals surface area contributed by atoms with E-state index in [1.165, 1.54) is 12.8 Å². The topological polar surface area (TPSA) is 38.7 Å². The van der Waals surface area contributed by atoms with Gasteiger partial charge in [0.05, 0.1) is 18.2 Å². The SMILES string of the molecule is COc1cc(CCO)cc(Cl)c1OC1CCCC1. The Morgan fingerprint density at radius 3 is 2.67 bits per heavy atom. The van der Waals surface area contributed by atoms with Crippen molar-refractivity contribution in [2.24, 2.45) is 0 Å². The van der Waals surface area contributed by atoms with Crippen LogP contribution in [0, 0.1) is 0 Å². The summed E-state index contributed by atoms with van der Waals surface area (Å²) in [6.45, 7) is 0.0995. The summed E-state index contributed by atoms with van der Waals surface area (Å²) in [7, 11) is 1.61. The summed E-state index contributed by atoms with van der Waals surface area (Å²) in [6, 6.07) is 3.72. The molecular formula is C14H19ClO3. The lowest BCUT2D eigenvalue weighted by atomic mass is 10.1. The lowest BCUT2D eigenvalue weighted by Crippen LogP contribution is -2.12. The molecule has 0 aliphatic heterocycles. The van der Waals surface area contributed by atoms with Gasteiger partial charge < -0.3 is 14.6 Å². The number of hydrogen-bond acceptors (Lipinski definition) is 3. The van der Waals surface area contributed by atoms with Crippen molar-refractivity contribution >= 4 is 11.6 Å². The van der Waals surface area contributed by atoms with E-state index < -0.39 is 0 Å². The standard InChI is InChI=1S/C14H19ClO3/c1-17-13-9-10(6-7-16)8-12(15)14(13)18-11-4-2-3-5-11/h8-9,11,16H,2-7H2,1H3. The van der Waals surface area contributed by atoms with Gasteiger partial charge in [0, 0.05) is 6.61 Å². The maximum Gasteiger partial charge on any atom is 0.180 e. The van der Waals surface area contributed by atoms with Crippen LogP contribution in [0.25, 0.3) is 0 Å². The largest absolute Gasteiger partial charge is 0.493 e. The Hall–Kier alpha value is -0.930. The first-order chi connectivity index (χ1) is 8.74. The molecule has 1 aromatic rings. The Bertz CT molecular complexity index is 400. The molecule has 0 unspecified atom stereocenters. The molecule has 0 aromatic heterocycles. The molecule has 100 valence electrons. The average Bonchev–Trinajstić information content (AvgIpc) is 2.85. The summed E-state index contributed by atoms with van der Waals surface area (Å²) in [5, 5.41) is 9.52. The lowest BCUT2D eigenvalue weighted by molar-refractivity contribution is 0.201. The van der Waals surface area contributed by atoms with E-state index >= 15 is 0 Å². The second kappa shape index (κ2) is 6.30. The molecule has 0 radical (unpaired) electrons. The van der Waals surface area contributed by atoms with Crippen LogP contribution in [0.1, 0.15) is 31.2 Å². The van der Waals surface area contributed by atoms with E-state index in [2.05, 4.69) is 0 Å². The second-order valence-corrected chi connectivity index (χ2v) is 5.01. The van der Waals surface area contributed by atoms with Crippen LogP contribution in [-0.4, -0.2) is 24.9 Å². The minimum absolute atomic E-state index is 0.0995. The number of aliphatic hydroxyl groups is 1. The Labute approximate surface area is 113 Å². The van der Waals surface area contributed by atoms with Gasteiger partial charge in [0.25, 0.3) is 0 Å². The third kappa shape index (κ3) is 3.09. The Morgan fingerprint density at radius 2 is 2.06 bits per heavy atom. The molecule has 1 aromatic carbocycles. The average molecular weight is 271 g/mol. The van der Waals surface area contributed by atoms with Crippen molar-refractivity contribution in [2.75, 3.05) is 13.7 Å². The minimum Gasteiger partial charge on any atom is -0.493 e. The monoisotopic (exact) mass is 270 g/mol. The van der Waals surface area contributed by atoms with Crippen molar-refractivity contribution < 1.29 is 14.6 Å². The van der Waals surface area contributed by atoms with Crippen LogP contribution in [0.15, 0.2) is 12.1 Å². The minimum atomic E-state index is 0.0995. The molecule has 3 nitrogen and oxygen atoms in total. The van der Waals surface area contributed by atoms with E-state index in [1.54, 1.807) is 7.11 Å². The van der Waals surface area contributed by atoms with Crippen LogP contribution in [-0.2, 0) is 6.42 Å². The Balaban J connectivity index is 2.21. The van der Waals surface area contributed by atoms with Gasteiger partial charge >= 0.3 is 0 Å². The predicted octanol–water partition coefficient (Wildman–Crippen LogP) is 3.20. The van der Waals surface area contributed by atoms with E-state index in [0.29, 0.717) is 22.9 Å². The third-order valence-corrected chi connectivity index (χ3v) is 3.56. The highest BCUT2D eigenvalue weighted by Gasteiger charge is 2.20. The van der Waals surface area contributed by atoms with E-state index in [1.807, 2.05) is 12.1 Å². The summed E-state index contributed by atoms with van der Waals surface area (Å²) in [4.78, 5) is 0. The first kappa shape index (κ1) is 13.5. The Kier molecular flexibility index (Phi) is 4.72. The molecule has 1 saturated carbocycles. The van der Waals surface area contributed by atoms with Gasteiger partial charge in [0.1, 0.15) is 0 Å². The highest BCUT2D eigenvalue weighted by Crippen LogP contribution is 2.39. The fourth-order valence-corrected chi connectivity index (χ4v) is 2.61. The summed E-state index contributed by atoms with van der Waals surface area (Å²) in [5.74, 6) is 1.28. The molecule has 0 atom stereocenters. The number of ether oxygens (including phenoxy) is 2. The summed E-state index contributed by atoms with van der Waals surface area (Å²) >= 11 is 6.24. The molecule has 0 heterocycles. The Morgan fingerprint density at radius 1 is 1.33 bits per heavy atom. The fraction of sp³-hybridized carbons (Fsp3) is 0.571. The molecule has 1 N–H and O–H groups in total. The zero-order valence-corrected chi connectivity index (χ0v) is 11.4. The van der Waals surface area contributed by atoms with Gasteiger partial charge in [-0.05, 0) is 49.8 Å². The van der Waals surface area contributed by atoms with Gasteiger partial charge in [-0.25, -0.2) is 0 Å². The van der Waals surface area contributed by atoms with Gasteiger partial charge in [0.2, 0.25) is 0 Å². The normalized spacial score (nSPS) is 15.9. The van der Waals surface area contributed by atoms with E-state index in [-0.39, 0.29) is 12.7 Å². The van der Waals surface area contributed by atoms with Crippen molar-refractivity contribution in [3.05, 3.63) is 22.7 Å². The zero-order valence-electron chi connectivity index (χ0n) is 10.6. The van der Waals surface area contributed by atoms with Crippen molar-refractivity contribution in [3.63, 3.8) is 0 Å². The molecular weight excluding hydrogens is 252 g/mol. The number of methoxy groups -OCH3 is 1. The van der Waals surface area contributed by atoms with Crippen molar-refractivity contribution in [2.45, 2.75) is 38.2 Å². The van der Waals surface area contributed by atoms with E-state index in [0.717, 1.165) is 18.4 Å². The molecule has 18 heavy (non-hydrogen) atoms. The maximum absolute atomic E-state index is 8.96. The van der Waals surface area contributed by atoms with Crippen molar-refractivity contribution in [1.29, 1.82) is 0 Å². The number of benzene rings is 1. The second-order valence-electron chi connectivity index (χ2n) is 4.61. The van der Waals surface area contributed by atoms with Crippen LogP contribution in [0.5, 0.6) is 11.5 Å². The maximum atomic E-state index is 8.96. The van der Waals surface area contributed by atoms with E-state index in [9.17, 15) is 0 Å². The van der Waals surface area contributed by atoms with Crippen LogP contribution < -0.4 is 9.47 Å². The van der Waals surface area contributed by atoms with Gasteiger partial charge in [-0.1, -0.05) is 11.6 Å². The molecule has 0 spiro atoms. The fourth-order valence-electron chi connectivity index (χ4n) is 2.33. The van der Waals surface area contributed by atoms with Crippen LogP contribution in [0.4, 0.5) is 0 Å². The molecule has 1 fully saturated rings. The quantitative estimate of drug-likeness (QED) is 0.893. The van der Waals surface area contributed by atoms with Crippen LogP contribution >= 0.6 is 11.6 Å². The smallest absolute Gasteiger partial charge is 0.180 e. The number of rotatable bonds is 5. The molecule has 1 aliphatic rings. The highest BCUT2D eigenvalue weighted by atomic mass is 35.5.